The molecule has 0 unspecified atom stereocenters. The first-order chi connectivity index (χ1) is 8.45. The fraction of sp³-hybridized carbons (Fsp3) is 0.538. The maximum atomic E-state index is 10.8. The Morgan fingerprint density at radius 2 is 2.11 bits per heavy atom. The number of hydrogen-bond acceptors (Lipinski definition) is 3. The first kappa shape index (κ1) is 15.0. The summed E-state index contributed by atoms with van der Waals surface area (Å²) in [4.78, 5) is 12.6. The molecule has 0 heterocycles. The summed E-state index contributed by atoms with van der Waals surface area (Å²) in [7, 11) is 2.02. The average Bonchev–Trinajstić information content (AvgIpc) is 2.34. The molecule has 0 bridgehead atoms. The highest BCUT2D eigenvalue weighted by atomic mass is 79.9. The van der Waals surface area contributed by atoms with Crippen LogP contribution in [0, 0.1) is 16.0 Å². The zero-order chi connectivity index (χ0) is 13.7. The Balaban J connectivity index is 2.87. The molecular weight excluding hydrogens is 296 g/mol. The monoisotopic (exact) mass is 314 g/mol. The Morgan fingerprint density at radius 3 is 2.61 bits per heavy atom. The van der Waals surface area contributed by atoms with Crippen molar-refractivity contribution in [3.05, 3.63) is 33.9 Å². The van der Waals surface area contributed by atoms with Gasteiger partial charge in [-0.25, -0.2) is 0 Å². The van der Waals surface area contributed by atoms with Gasteiger partial charge in [-0.3, -0.25) is 10.1 Å². The van der Waals surface area contributed by atoms with Crippen LogP contribution in [0.3, 0.4) is 0 Å². The van der Waals surface area contributed by atoms with E-state index in [9.17, 15) is 10.1 Å². The summed E-state index contributed by atoms with van der Waals surface area (Å²) in [6.07, 6.45) is 1.11. The lowest BCUT2D eigenvalue weighted by atomic mass is 10.1. The summed E-state index contributed by atoms with van der Waals surface area (Å²) < 4.78 is 0. The lowest BCUT2D eigenvalue weighted by Gasteiger charge is -2.20. The van der Waals surface area contributed by atoms with Crippen LogP contribution < -0.4 is 4.90 Å². The molecule has 0 fully saturated rings. The normalized spacial score (nSPS) is 10.7. The van der Waals surface area contributed by atoms with Crippen LogP contribution in [0.1, 0.15) is 25.8 Å². The highest BCUT2D eigenvalue weighted by Crippen LogP contribution is 2.26. The van der Waals surface area contributed by atoms with Crippen molar-refractivity contribution in [1.29, 1.82) is 0 Å². The molecule has 5 heteroatoms. The van der Waals surface area contributed by atoms with Gasteiger partial charge in [-0.2, -0.15) is 0 Å². The fourth-order valence-corrected chi connectivity index (χ4v) is 2.12. The van der Waals surface area contributed by atoms with Crippen molar-refractivity contribution in [2.24, 2.45) is 5.92 Å². The molecule has 1 rings (SSSR count). The van der Waals surface area contributed by atoms with Crippen LogP contribution >= 0.6 is 15.9 Å². The van der Waals surface area contributed by atoms with E-state index >= 15 is 0 Å². The van der Waals surface area contributed by atoms with E-state index < -0.39 is 0 Å². The SMILES string of the molecule is CC(C)CCN(C)c1ccc([N+](=O)[O-])c(CBr)c1. The van der Waals surface area contributed by atoms with Crippen molar-refractivity contribution in [3.8, 4) is 0 Å². The lowest BCUT2D eigenvalue weighted by Crippen LogP contribution is -2.20. The number of nitro groups is 1. The molecule has 1 aromatic rings. The molecule has 0 saturated carbocycles. The van der Waals surface area contributed by atoms with E-state index in [4.69, 9.17) is 0 Å². The molecule has 0 aliphatic carbocycles. The number of nitro benzene ring substituents is 1. The van der Waals surface area contributed by atoms with Crippen molar-refractivity contribution in [2.45, 2.75) is 25.6 Å². The van der Waals surface area contributed by atoms with Gasteiger partial charge in [0.05, 0.1) is 4.92 Å². The summed E-state index contributed by atoms with van der Waals surface area (Å²) in [6, 6.07) is 5.27. The summed E-state index contributed by atoms with van der Waals surface area (Å²) in [6.45, 7) is 5.33. The number of anilines is 1. The van der Waals surface area contributed by atoms with Crippen LogP contribution in [0.4, 0.5) is 11.4 Å². The molecule has 0 aromatic heterocycles. The Bertz CT molecular complexity index is 421. The van der Waals surface area contributed by atoms with Gasteiger partial charge in [0.15, 0.2) is 0 Å². The summed E-state index contributed by atoms with van der Waals surface area (Å²) in [5.41, 5.74) is 1.91. The second-order valence-electron chi connectivity index (χ2n) is 4.81. The van der Waals surface area contributed by atoms with E-state index in [1.807, 2.05) is 19.2 Å². The van der Waals surface area contributed by atoms with Gasteiger partial charge in [0.1, 0.15) is 0 Å². The van der Waals surface area contributed by atoms with Gasteiger partial charge in [-0.1, -0.05) is 29.8 Å². The molecule has 0 atom stereocenters. The van der Waals surface area contributed by atoms with E-state index in [1.54, 1.807) is 6.07 Å². The molecule has 0 amide bonds. The molecule has 0 spiro atoms. The third kappa shape index (κ3) is 3.98. The predicted octanol–water partition coefficient (Wildman–Crippen LogP) is 3.97. The van der Waals surface area contributed by atoms with Crippen molar-refractivity contribution in [3.63, 3.8) is 0 Å². The van der Waals surface area contributed by atoms with E-state index in [0.29, 0.717) is 16.8 Å². The van der Waals surface area contributed by atoms with Gasteiger partial charge in [-0.15, -0.1) is 0 Å². The zero-order valence-corrected chi connectivity index (χ0v) is 12.6. The van der Waals surface area contributed by atoms with Gasteiger partial charge >= 0.3 is 0 Å². The number of rotatable bonds is 6. The first-order valence-electron chi connectivity index (χ1n) is 6.00. The topological polar surface area (TPSA) is 46.4 Å². The van der Waals surface area contributed by atoms with Gasteiger partial charge in [-0.05, 0) is 24.5 Å². The van der Waals surface area contributed by atoms with E-state index in [-0.39, 0.29) is 10.6 Å². The Hall–Kier alpha value is -1.10. The van der Waals surface area contributed by atoms with E-state index in [1.165, 1.54) is 0 Å². The number of benzene rings is 1. The summed E-state index contributed by atoms with van der Waals surface area (Å²) >= 11 is 3.30. The quantitative estimate of drug-likeness (QED) is 0.453. The van der Waals surface area contributed by atoms with Gasteiger partial charge < -0.3 is 4.90 Å². The highest BCUT2D eigenvalue weighted by molar-refractivity contribution is 9.08. The minimum atomic E-state index is -0.339. The molecule has 4 nitrogen and oxygen atoms in total. The summed E-state index contributed by atoms with van der Waals surface area (Å²) in [5, 5.41) is 11.3. The largest absolute Gasteiger partial charge is 0.375 e. The number of hydrogen-bond donors (Lipinski definition) is 0. The smallest absolute Gasteiger partial charge is 0.273 e. The molecular formula is C13H19BrN2O2. The fourth-order valence-electron chi connectivity index (χ4n) is 1.68. The minimum Gasteiger partial charge on any atom is -0.375 e. The second kappa shape index (κ2) is 6.73. The Labute approximate surface area is 116 Å². The third-order valence-electron chi connectivity index (χ3n) is 2.89. The van der Waals surface area contributed by atoms with Crippen molar-refractivity contribution in [1.82, 2.24) is 0 Å². The molecule has 18 heavy (non-hydrogen) atoms. The van der Waals surface area contributed by atoms with Gasteiger partial charge in [0.25, 0.3) is 5.69 Å². The van der Waals surface area contributed by atoms with Crippen LogP contribution in [0.2, 0.25) is 0 Å². The molecule has 0 N–H and O–H groups in total. The number of nitrogens with zero attached hydrogens (tertiary/aromatic N) is 2. The second-order valence-corrected chi connectivity index (χ2v) is 5.37. The highest BCUT2D eigenvalue weighted by Gasteiger charge is 2.14. The first-order valence-corrected chi connectivity index (χ1v) is 7.12. The van der Waals surface area contributed by atoms with Crippen LogP contribution in [0.25, 0.3) is 0 Å². The minimum absolute atomic E-state index is 0.174. The standard InChI is InChI=1S/C13H19BrN2O2/c1-10(2)6-7-15(3)12-4-5-13(16(17)18)11(8-12)9-14/h4-5,8,10H,6-7,9H2,1-3H3. The number of halogens is 1. The van der Waals surface area contributed by atoms with Crippen molar-refractivity contribution < 1.29 is 4.92 Å². The molecule has 0 aliphatic rings. The van der Waals surface area contributed by atoms with Crippen LogP contribution in [0.15, 0.2) is 18.2 Å². The molecule has 100 valence electrons. The Kier molecular flexibility index (Phi) is 5.59. The van der Waals surface area contributed by atoms with E-state index in [0.717, 1.165) is 18.7 Å². The third-order valence-corrected chi connectivity index (χ3v) is 3.49. The van der Waals surface area contributed by atoms with Crippen LogP contribution in [0.5, 0.6) is 0 Å². The van der Waals surface area contributed by atoms with E-state index in [2.05, 4.69) is 34.7 Å². The lowest BCUT2D eigenvalue weighted by molar-refractivity contribution is -0.385. The van der Waals surface area contributed by atoms with Crippen LogP contribution in [-0.4, -0.2) is 18.5 Å². The average molecular weight is 315 g/mol. The molecule has 1 aromatic carbocycles. The maximum Gasteiger partial charge on any atom is 0.273 e. The van der Waals surface area contributed by atoms with Gasteiger partial charge in [0, 0.05) is 36.2 Å². The zero-order valence-electron chi connectivity index (χ0n) is 11.0. The van der Waals surface area contributed by atoms with Crippen LogP contribution in [-0.2, 0) is 5.33 Å². The predicted molar refractivity (Wildman–Crippen MR) is 78.5 cm³/mol. The Morgan fingerprint density at radius 1 is 1.44 bits per heavy atom. The summed E-state index contributed by atoms with van der Waals surface area (Å²) in [5.74, 6) is 0.654. The maximum absolute atomic E-state index is 10.8. The van der Waals surface area contributed by atoms with Crippen molar-refractivity contribution >= 4 is 27.3 Å². The molecule has 0 saturated heterocycles. The van der Waals surface area contributed by atoms with Crippen molar-refractivity contribution in [2.75, 3.05) is 18.5 Å². The molecule has 0 radical (unpaired) electrons. The number of alkyl halides is 1. The van der Waals surface area contributed by atoms with Gasteiger partial charge in [0.2, 0.25) is 0 Å². The molecule has 0 aliphatic heterocycles.